The molecule has 1 saturated heterocycles. The molecule has 0 aromatic heterocycles. The smallest absolute Gasteiger partial charge is 0.252 e. The van der Waals surface area contributed by atoms with Crippen LogP contribution >= 0.6 is 0 Å². The molecule has 1 unspecified atom stereocenters. The zero-order chi connectivity index (χ0) is 9.84. The van der Waals surface area contributed by atoms with Gasteiger partial charge in [0.2, 0.25) is 0 Å². The molecular weight excluding hydrogens is 168 g/mol. The summed E-state index contributed by atoms with van der Waals surface area (Å²) in [6.45, 7) is 3.72. The molecule has 1 rings (SSSR count). The summed E-state index contributed by atoms with van der Waals surface area (Å²) in [6.07, 6.45) is 1.06. The highest BCUT2D eigenvalue weighted by molar-refractivity contribution is 5.80. The third-order valence-corrected chi connectivity index (χ3v) is 2.60. The van der Waals surface area contributed by atoms with Gasteiger partial charge in [0.15, 0.2) is 0 Å². The summed E-state index contributed by atoms with van der Waals surface area (Å²) in [5, 5.41) is 9.23. The van der Waals surface area contributed by atoms with Crippen LogP contribution < -0.4 is 5.73 Å². The molecular formula is C9H18N2O2. The number of piperidine rings is 1. The summed E-state index contributed by atoms with van der Waals surface area (Å²) in [5.41, 5.74) is 5.21. The Morgan fingerprint density at radius 3 is 2.62 bits per heavy atom. The lowest BCUT2D eigenvalue weighted by Crippen LogP contribution is -2.45. The number of nitrogens with two attached hydrogens (primary N) is 1. The molecule has 0 spiro atoms. The molecule has 76 valence electrons. The molecule has 13 heavy (non-hydrogen) atoms. The predicted molar refractivity (Wildman–Crippen MR) is 50.0 cm³/mol. The van der Waals surface area contributed by atoms with Crippen molar-refractivity contribution in [3.63, 3.8) is 0 Å². The quantitative estimate of drug-likeness (QED) is 0.614. The molecule has 1 aliphatic rings. The van der Waals surface area contributed by atoms with Crippen LogP contribution in [0.4, 0.5) is 0 Å². The Hall–Kier alpha value is -0.610. The molecule has 1 aliphatic heterocycles. The van der Waals surface area contributed by atoms with E-state index in [9.17, 15) is 9.90 Å². The lowest BCUT2D eigenvalue weighted by Gasteiger charge is -2.31. The van der Waals surface area contributed by atoms with Gasteiger partial charge in [-0.15, -0.1) is 0 Å². The maximum absolute atomic E-state index is 11.4. The number of nitrogens with zero attached hydrogens (tertiary/aromatic N) is 1. The van der Waals surface area contributed by atoms with Gasteiger partial charge in [-0.3, -0.25) is 4.79 Å². The fourth-order valence-corrected chi connectivity index (χ4v) is 1.54. The van der Waals surface area contributed by atoms with E-state index in [4.69, 9.17) is 5.73 Å². The van der Waals surface area contributed by atoms with Crippen molar-refractivity contribution in [1.29, 1.82) is 0 Å². The topological polar surface area (TPSA) is 66.6 Å². The molecule has 4 heteroatoms. The van der Waals surface area contributed by atoms with E-state index >= 15 is 0 Å². The van der Waals surface area contributed by atoms with Crippen molar-refractivity contribution in [1.82, 2.24) is 4.90 Å². The second kappa shape index (κ2) is 4.58. The Labute approximate surface area is 78.7 Å². The van der Waals surface area contributed by atoms with Crippen LogP contribution in [-0.4, -0.2) is 41.7 Å². The summed E-state index contributed by atoms with van der Waals surface area (Å²) in [6, 6.07) is 0. The van der Waals surface area contributed by atoms with E-state index in [-0.39, 0.29) is 12.5 Å². The van der Waals surface area contributed by atoms with Crippen molar-refractivity contribution >= 4 is 5.91 Å². The van der Waals surface area contributed by atoms with Gasteiger partial charge in [-0.2, -0.15) is 0 Å². The maximum atomic E-state index is 11.4. The number of aliphatic hydroxyl groups excluding tert-OH is 1. The molecule has 0 bridgehead atoms. The molecule has 3 N–H and O–H groups in total. The first-order valence-corrected chi connectivity index (χ1v) is 4.82. The Morgan fingerprint density at radius 2 is 2.15 bits per heavy atom. The van der Waals surface area contributed by atoms with Gasteiger partial charge in [-0.05, 0) is 18.8 Å². The van der Waals surface area contributed by atoms with E-state index in [1.165, 1.54) is 0 Å². The van der Waals surface area contributed by atoms with Gasteiger partial charge in [-0.25, -0.2) is 0 Å². The molecule has 4 nitrogen and oxygen atoms in total. The summed E-state index contributed by atoms with van der Waals surface area (Å²) < 4.78 is 0. The monoisotopic (exact) mass is 186 g/mol. The van der Waals surface area contributed by atoms with Crippen LogP contribution in [0.2, 0.25) is 0 Å². The Morgan fingerprint density at radius 1 is 1.62 bits per heavy atom. The van der Waals surface area contributed by atoms with Crippen molar-refractivity contribution in [2.75, 3.05) is 19.6 Å². The van der Waals surface area contributed by atoms with Gasteiger partial charge in [-0.1, -0.05) is 6.92 Å². The SMILES string of the molecule is CC1CCN(C(=O)C(O)CN)CC1. The molecule has 0 aliphatic carbocycles. The van der Waals surface area contributed by atoms with Crippen molar-refractivity contribution in [3.05, 3.63) is 0 Å². The fourth-order valence-electron chi connectivity index (χ4n) is 1.54. The van der Waals surface area contributed by atoms with Crippen molar-refractivity contribution in [3.8, 4) is 0 Å². The summed E-state index contributed by atoms with van der Waals surface area (Å²) >= 11 is 0. The van der Waals surface area contributed by atoms with Crippen LogP contribution in [0.3, 0.4) is 0 Å². The van der Waals surface area contributed by atoms with Gasteiger partial charge in [0.1, 0.15) is 6.10 Å². The first-order chi connectivity index (χ1) is 6.15. The molecule has 0 radical (unpaired) electrons. The normalized spacial score (nSPS) is 21.6. The Bertz CT molecular complexity index is 176. The standard InChI is InChI=1S/C9H18N2O2/c1-7-2-4-11(5-3-7)9(13)8(12)6-10/h7-8,12H,2-6,10H2,1H3. The average molecular weight is 186 g/mol. The average Bonchev–Trinajstić information content (AvgIpc) is 2.17. The fraction of sp³-hybridized carbons (Fsp3) is 0.889. The van der Waals surface area contributed by atoms with Gasteiger partial charge in [0.25, 0.3) is 5.91 Å². The molecule has 1 atom stereocenters. The number of carbonyl (C=O) groups is 1. The van der Waals surface area contributed by atoms with Crippen LogP contribution in [0, 0.1) is 5.92 Å². The van der Waals surface area contributed by atoms with Crippen LogP contribution in [0.5, 0.6) is 0 Å². The lowest BCUT2D eigenvalue weighted by molar-refractivity contribution is -0.140. The van der Waals surface area contributed by atoms with Crippen LogP contribution in [0.25, 0.3) is 0 Å². The van der Waals surface area contributed by atoms with E-state index in [1.807, 2.05) is 0 Å². The zero-order valence-corrected chi connectivity index (χ0v) is 8.07. The number of hydrogen-bond donors (Lipinski definition) is 2. The summed E-state index contributed by atoms with van der Waals surface area (Å²) in [4.78, 5) is 13.1. The zero-order valence-electron chi connectivity index (χ0n) is 8.07. The van der Waals surface area contributed by atoms with Crippen LogP contribution in [0.15, 0.2) is 0 Å². The van der Waals surface area contributed by atoms with E-state index in [0.29, 0.717) is 5.92 Å². The number of rotatable bonds is 2. The first kappa shape index (κ1) is 10.5. The van der Waals surface area contributed by atoms with Crippen molar-refractivity contribution < 1.29 is 9.90 Å². The minimum absolute atomic E-state index is 0.0187. The highest BCUT2D eigenvalue weighted by atomic mass is 16.3. The van der Waals surface area contributed by atoms with Gasteiger partial charge in [0.05, 0.1) is 0 Å². The summed E-state index contributed by atoms with van der Waals surface area (Å²) in [5.74, 6) is 0.480. The number of carbonyl (C=O) groups excluding carboxylic acids is 1. The summed E-state index contributed by atoms with van der Waals surface area (Å²) in [7, 11) is 0. The molecule has 1 fully saturated rings. The third kappa shape index (κ3) is 2.67. The molecule has 1 heterocycles. The molecule has 1 amide bonds. The van der Waals surface area contributed by atoms with Crippen molar-refractivity contribution in [2.24, 2.45) is 11.7 Å². The number of likely N-dealkylation sites (tertiary alicyclic amines) is 1. The third-order valence-electron chi connectivity index (χ3n) is 2.60. The molecule has 0 aromatic rings. The van der Waals surface area contributed by atoms with E-state index in [2.05, 4.69) is 6.92 Å². The Balaban J connectivity index is 2.40. The van der Waals surface area contributed by atoms with Crippen LogP contribution in [0.1, 0.15) is 19.8 Å². The lowest BCUT2D eigenvalue weighted by atomic mass is 9.99. The number of amides is 1. The van der Waals surface area contributed by atoms with Crippen LogP contribution in [-0.2, 0) is 4.79 Å². The first-order valence-electron chi connectivity index (χ1n) is 4.82. The molecule has 0 aromatic carbocycles. The highest BCUT2D eigenvalue weighted by Crippen LogP contribution is 2.16. The highest BCUT2D eigenvalue weighted by Gasteiger charge is 2.24. The maximum Gasteiger partial charge on any atom is 0.252 e. The largest absolute Gasteiger partial charge is 0.382 e. The Kier molecular flexibility index (Phi) is 3.69. The second-order valence-corrected chi connectivity index (χ2v) is 3.76. The number of aliphatic hydroxyl groups is 1. The van der Waals surface area contributed by atoms with Gasteiger partial charge in [0, 0.05) is 19.6 Å². The minimum atomic E-state index is -1.01. The van der Waals surface area contributed by atoms with E-state index in [1.54, 1.807) is 4.90 Å². The van der Waals surface area contributed by atoms with E-state index in [0.717, 1.165) is 25.9 Å². The minimum Gasteiger partial charge on any atom is -0.382 e. The molecule has 0 saturated carbocycles. The number of hydrogen-bond acceptors (Lipinski definition) is 3. The van der Waals surface area contributed by atoms with Gasteiger partial charge >= 0.3 is 0 Å². The van der Waals surface area contributed by atoms with Gasteiger partial charge < -0.3 is 15.7 Å². The second-order valence-electron chi connectivity index (χ2n) is 3.76. The van der Waals surface area contributed by atoms with Crippen molar-refractivity contribution in [2.45, 2.75) is 25.9 Å². The predicted octanol–water partition coefficient (Wildman–Crippen LogP) is -0.435. The van der Waals surface area contributed by atoms with E-state index < -0.39 is 6.10 Å².